The molecule has 1 aromatic heterocycles. The molecule has 26 heavy (non-hydrogen) atoms. The van der Waals surface area contributed by atoms with Crippen LogP contribution in [0, 0.1) is 5.92 Å². The number of fused-ring (bicyclic) bond motifs is 3. The van der Waals surface area contributed by atoms with Crippen molar-refractivity contribution in [3.05, 3.63) is 24.5 Å². The molecule has 0 N–H and O–H groups in total. The Kier molecular flexibility index (Phi) is 4.94. The van der Waals surface area contributed by atoms with Crippen molar-refractivity contribution in [1.82, 2.24) is 14.8 Å². The van der Waals surface area contributed by atoms with Crippen molar-refractivity contribution >= 4 is 17.4 Å². The fraction of sp³-hybridized carbons (Fsp3) is 0.650. The lowest BCUT2D eigenvalue weighted by Gasteiger charge is -2.49. The molecule has 1 amide bonds. The normalized spacial score (nSPS) is 30.4. The molecule has 6 nitrogen and oxygen atoms in total. The first-order chi connectivity index (χ1) is 12.6. The summed E-state index contributed by atoms with van der Waals surface area (Å²) in [6.07, 6.45) is 7.70. The molecule has 4 aliphatic rings. The number of hydrogen-bond acceptors (Lipinski definition) is 5. The average Bonchev–Trinajstić information content (AvgIpc) is 3.17. The van der Waals surface area contributed by atoms with Crippen LogP contribution in [-0.4, -0.2) is 71.3 Å². The van der Waals surface area contributed by atoms with E-state index < -0.39 is 0 Å². The monoisotopic (exact) mass is 356 g/mol. The van der Waals surface area contributed by atoms with E-state index in [4.69, 9.17) is 0 Å². The molecule has 0 saturated carbocycles. The van der Waals surface area contributed by atoms with E-state index >= 15 is 0 Å². The van der Waals surface area contributed by atoms with E-state index in [9.17, 15) is 9.59 Å². The minimum absolute atomic E-state index is 0.0725. The standard InChI is InChI=1S/C20H28N4O2/c1-15(25)13-24(19-14-22-11-6-16(19)7-12-22)20(26)18-3-2-10-23(18)17-4-8-21-9-5-17/h4-5,8-9,16,18-19H,2-3,6-7,10-14H2,1H3/t18-,19?/m0/s1. The second-order valence-corrected chi connectivity index (χ2v) is 7.93. The quantitative estimate of drug-likeness (QED) is 0.801. The van der Waals surface area contributed by atoms with Gasteiger partial charge in [-0.15, -0.1) is 0 Å². The Balaban J connectivity index is 1.57. The van der Waals surface area contributed by atoms with Crippen molar-refractivity contribution < 1.29 is 9.59 Å². The van der Waals surface area contributed by atoms with Crippen LogP contribution in [0.5, 0.6) is 0 Å². The van der Waals surface area contributed by atoms with Gasteiger partial charge in [0.15, 0.2) is 0 Å². The minimum atomic E-state index is -0.160. The molecule has 2 atom stereocenters. The largest absolute Gasteiger partial charge is 0.359 e. The molecule has 2 bridgehead atoms. The summed E-state index contributed by atoms with van der Waals surface area (Å²) in [7, 11) is 0. The Labute approximate surface area is 155 Å². The second-order valence-electron chi connectivity index (χ2n) is 7.93. The molecular formula is C20H28N4O2. The summed E-state index contributed by atoms with van der Waals surface area (Å²) in [6.45, 7) is 5.91. The van der Waals surface area contributed by atoms with E-state index in [1.165, 1.54) is 0 Å². The lowest BCUT2D eigenvalue weighted by atomic mass is 9.82. The Morgan fingerprint density at radius 3 is 2.50 bits per heavy atom. The smallest absolute Gasteiger partial charge is 0.245 e. The second kappa shape index (κ2) is 7.35. The number of amides is 1. The van der Waals surface area contributed by atoms with Gasteiger partial charge in [0.25, 0.3) is 0 Å². The van der Waals surface area contributed by atoms with Gasteiger partial charge in [-0.1, -0.05) is 0 Å². The van der Waals surface area contributed by atoms with Crippen LogP contribution in [0.25, 0.3) is 0 Å². The van der Waals surface area contributed by atoms with Crippen LogP contribution in [0.1, 0.15) is 32.6 Å². The number of anilines is 1. The van der Waals surface area contributed by atoms with Crippen LogP contribution in [0.2, 0.25) is 0 Å². The molecule has 1 unspecified atom stereocenters. The van der Waals surface area contributed by atoms with Crippen LogP contribution in [0.3, 0.4) is 0 Å². The molecule has 0 spiro atoms. The molecule has 140 valence electrons. The Bertz CT molecular complexity index is 657. The fourth-order valence-corrected chi connectivity index (χ4v) is 4.94. The third-order valence-electron chi connectivity index (χ3n) is 6.23. The maximum Gasteiger partial charge on any atom is 0.245 e. The van der Waals surface area contributed by atoms with Gasteiger partial charge in [-0.05, 0) is 63.7 Å². The van der Waals surface area contributed by atoms with Crippen LogP contribution in [0.15, 0.2) is 24.5 Å². The number of carbonyl (C=O) groups excluding carboxylic acids is 2. The molecule has 5 rings (SSSR count). The molecule has 4 saturated heterocycles. The summed E-state index contributed by atoms with van der Waals surface area (Å²) in [5.74, 6) is 0.746. The predicted octanol–water partition coefficient (Wildman–Crippen LogP) is 1.56. The van der Waals surface area contributed by atoms with E-state index in [-0.39, 0.29) is 30.3 Å². The highest BCUT2D eigenvalue weighted by atomic mass is 16.2. The number of hydrogen-bond donors (Lipinski definition) is 0. The van der Waals surface area contributed by atoms with Crippen LogP contribution in [0.4, 0.5) is 5.69 Å². The zero-order valence-corrected chi connectivity index (χ0v) is 15.5. The fourth-order valence-electron chi connectivity index (χ4n) is 4.94. The summed E-state index contributed by atoms with van der Waals surface area (Å²) >= 11 is 0. The Hall–Kier alpha value is -1.95. The zero-order valence-electron chi connectivity index (χ0n) is 15.5. The van der Waals surface area contributed by atoms with E-state index in [0.717, 1.165) is 57.5 Å². The van der Waals surface area contributed by atoms with Gasteiger partial charge in [0.2, 0.25) is 5.91 Å². The van der Waals surface area contributed by atoms with E-state index in [0.29, 0.717) is 5.92 Å². The van der Waals surface area contributed by atoms with Crippen molar-refractivity contribution in [3.8, 4) is 0 Å². The number of Topliss-reactive ketones (excluding diaryl/α,β-unsaturated/α-hetero) is 1. The van der Waals surface area contributed by atoms with Gasteiger partial charge in [0.05, 0.1) is 6.54 Å². The zero-order chi connectivity index (χ0) is 18.1. The molecule has 5 heterocycles. The number of carbonyl (C=O) groups is 2. The van der Waals surface area contributed by atoms with Crippen molar-refractivity contribution in [2.45, 2.75) is 44.7 Å². The number of pyridine rings is 1. The van der Waals surface area contributed by atoms with Crippen LogP contribution in [-0.2, 0) is 9.59 Å². The molecule has 0 aliphatic carbocycles. The summed E-state index contributed by atoms with van der Waals surface area (Å²) < 4.78 is 0. The van der Waals surface area contributed by atoms with E-state index in [1.807, 2.05) is 17.0 Å². The molecule has 0 aromatic carbocycles. The van der Waals surface area contributed by atoms with Gasteiger partial charge < -0.3 is 14.7 Å². The Morgan fingerprint density at radius 1 is 1.15 bits per heavy atom. The van der Waals surface area contributed by atoms with Crippen molar-refractivity contribution in [3.63, 3.8) is 0 Å². The molecule has 6 heteroatoms. The Morgan fingerprint density at radius 2 is 1.88 bits per heavy atom. The summed E-state index contributed by atoms with van der Waals surface area (Å²) in [5, 5.41) is 0. The van der Waals surface area contributed by atoms with Gasteiger partial charge in [-0.25, -0.2) is 0 Å². The number of aromatic nitrogens is 1. The third kappa shape index (κ3) is 3.34. The number of ketones is 1. The van der Waals surface area contributed by atoms with Gasteiger partial charge in [0, 0.05) is 37.2 Å². The molecule has 0 radical (unpaired) electrons. The molecule has 4 aliphatic heterocycles. The lowest BCUT2D eigenvalue weighted by Crippen LogP contribution is -2.61. The molecule has 4 fully saturated rings. The van der Waals surface area contributed by atoms with Gasteiger partial charge in [-0.2, -0.15) is 0 Å². The first-order valence-electron chi connectivity index (χ1n) is 9.82. The van der Waals surface area contributed by atoms with Crippen molar-refractivity contribution in [2.24, 2.45) is 5.92 Å². The summed E-state index contributed by atoms with van der Waals surface area (Å²) in [5.41, 5.74) is 1.05. The van der Waals surface area contributed by atoms with E-state index in [1.54, 1.807) is 19.3 Å². The van der Waals surface area contributed by atoms with E-state index in [2.05, 4.69) is 14.8 Å². The molecule has 1 aromatic rings. The van der Waals surface area contributed by atoms with Gasteiger partial charge in [0.1, 0.15) is 11.8 Å². The number of rotatable bonds is 5. The molecular weight excluding hydrogens is 328 g/mol. The highest BCUT2D eigenvalue weighted by Crippen LogP contribution is 2.33. The summed E-state index contributed by atoms with van der Waals surface area (Å²) in [6, 6.07) is 3.96. The highest BCUT2D eigenvalue weighted by Gasteiger charge is 2.43. The van der Waals surface area contributed by atoms with Crippen molar-refractivity contribution in [2.75, 3.05) is 37.6 Å². The third-order valence-corrected chi connectivity index (χ3v) is 6.23. The van der Waals surface area contributed by atoms with Gasteiger partial charge in [-0.3, -0.25) is 14.6 Å². The van der Waals surface area contributed by atoms with Crippen molar-refractivity contribution in [1.29, 1.82) is 0 Å². The lowest BCUT2D eigenvalue weighted by molar-refractivity contribution is -0.142. The topological polar surface area (TPSA) is 56.8 Å². The maximum absolute atomic E-state index is 13.5. The first kappa shape index (κ1) is 17.5. The van der Waals surface area contributed by atoms with Crippen LogP contribution >= 0.6 is 0 Å². The first-order valence-corrected chi connectivity index (χ1v) is 9.82. The SMILES string of the molecule is CC(=O)CN(C(=O)[C@@H]1CCCN1c1ccncc1)C1CN2CCC1CC2. The predicted molar refractivity (Wildman–Crippen MR) is 100.0 cm³/mol. The average molecular weight is 356 g/mol. The number of piperidine rings is 3. The highest BCUT2D eigenvalue weighted by molar-refractivity contribution is 5.90. The summed E-state index contributed by atoms with van der Waals surface area (Å²) in [4.78, 5) is 36.1. The van der Waals surface area contributed by atoms with Crippen LogP contribution < -0.4 is 4.90 Å². The maximum atomic E-state index is 13.5. The van der Waals surface area contributed by atoms with Gasteiger partial charge >= 0.3 is 0 Å². The minimum Gasteiger partial charge on any atom is -0.359 e. The number of nitrogens with zero attached hydrogens (tertiary/aromatic N) is 4.